The molecule has 0 aromatic carbocycles. The number of fused-ring (bicyclic) bond motifs is 1. The molecular formula is C11H7IN4O2S. The summed E-state index contributed by atoms with van der Waals surface area (Å²) in [5.74, 6) is 0.423. The fourth-order valence-electron chi connectivity index (χ4n) is 1.67. The van der Waals surface area contributed by atoms with Crippen molar-refractivity contribution in [3.8, 4) is 0 Å². The number of hydrogen-bond donors (Lipinski definition) is 1. The lowest BCUT2D eigenvalue weighted by atomic mass is 10.4. The Hall–Kier alpha value is -1.55. The third-order valence-electron chi connectivity index (χ3n) is 2.50. The van der Waals surface area contributed by atoms with Crippen LogP contribution in [0.5, 0.6) is 0 Å². The fraction of sp³-hybridized carbons (Fsp3) is 0.0909. The van der Waals surface area contributed by atoms with E-state index < -0.39 is 0 Å². The molecule has 0 unspecified atom stereocenters. The number of nitrogens with zero attached hydrogens (tertiary/aromatic N) is 3. The van der Waals surface area contributed by atoms with Gasteiger partial charge in [-0.3, -0.25) is 9.59 Å². The molecule has 3 aromatic heterocycles. The molecule has 0 aliphatic rings. The number of halogens is 1. The van der Waals surface area contributed by atoms with E-state index in [0.717, 1.165) is 3.57 Å². The average Bonchev–Trinajstić information content (AvgIpc) is 2.81. The van der Waals surface area contributed by atoms with Crippen molar-refractivity contribution in [2.45, 2.75) is 6.54 Å². The second-order valence-electron chi connectivity index (χ2n) is 3.82. The summed E-state index contributed by atoms with van der Waals surface area (Å²) in [5, 5.41) is 5.82. The minimum absolute atomic E-state index is 0.150. The van der Waals surface area contributed by atoms with Crippen LogP contribution in [0.4, 0.5) is 0 Å². The number of thiophene rings is 1. The normalized spacial score (nSPS) is 11.0. The van der Waals surface area contributed by atoms with Crippen LogP contribution in [0.1, 0.15) is 5.82 Å². The van der Waals surface area contributed by atoms with Crippen molar-refractivity contribution < 1.29 is 0 Å². The van der Waals surface area contributed by atoms with Gasteiger partial charge in [0.1, 0.15) is 17.1 Å². The maximum absolute atomic E-state index is 11.8. The summed E-state index contributed by atoms with van der Waals surface area (Å²) in [4.78, 5) is 30.5. The van der Waals surface area contributed by atoms with Gasteiger partial charge in [0.15, 0.2) is 0 Å². The lowest BCUT2D eigenvalue weighted by molar-refractivity contribution is 0.613. The lowest BCUT2D eigenvalue weighted by Gasteiger charge is -2.03. The van der Waals surface area contributed by atoms with Crippen LogP contribution in [-0.2, 0) is 6.54 Å². The van der Waals surface area contributed by atoms with Crippen molar-refractivity contribution in [1.82, 2.24) is 19.7 Å². The Morgan fingerprint density at radius 2 is 2.26 bits per heavy atom. The highest BCUT2D eigenvalue weighted by atomic mass is 127. The molecule has 96 valence electrons. The molecule has 1 N–H and O–H groups in total. The number of hydrogen-bond acceptors (Lipinski definition) is 5. The largest absolute Gasteiger partial charge is 0.308 e. The zero-order chi connectivity index (χ0) is 13.4. The standard InChI is InChI=1S/C11H7IN4O2S/c12-6-3-9(17)16(13-4-6)5-8-14-7-1-2-19-10(7)11(18)15-8/h1-4H,5H2,(H,14,15,18). The van der Waals surface area contributed by atoms with Gasteiger partial charge in [-0.05, 0) is 34.0 Å². The molecule has 0 aliphatic carbocycles. The Bertz CT molecular complexity index is 867. The Morgan fingerprint density at radius 1 is 1.42 bits per heavy atom. The van der Waals surface area contributed by atoms with Gasteiger partial charge in [0.2, 0.25) is 0 Å². The van der Waals surface area contributed by atoms with Gasteiger partial charge in [-0.2, -0.15) is 5.10 Å². The molecule has 0 fully saturated rings. The van der Waals surface area contributed by atoms with Gasteiger partial charge in [-0.25, -0.2) is 9.67 Å². The number of nitrogens with one attached hydrogen (secondary N) is 1. The van der Waals surface area contributed by atoms with E-state index in [1.54, 1.807) is 12.3 Å². The molecule has 0 radical (unpaired) electrons. The molecular weight excluding hydrogens is 379 g/mol. The van der Waals surface area contributed by atoms with Gasteiger partial charge >= 0.3 is 0 Å². The van der Waals surface area contributed by atoms with Crippen LogP contribution in [0.3, 0.4) is 0 Å². The zero-order valence-electron chi connectivity index (χ0n) is 9.46. The first-order chi connectivity index (χ1) is 9.13. The van der Waals surface area contributed by atoms with Crippen molar-refractivity contribution in [1.29, 1.82) is 0 Å². The predicted octanol–water partition coefficient (Wildman–Crippen LogP) is 1.19. The molecule has 6 nitrogen and oxygen atoms in total. The maximum atomic E-state index is 11.8. The summed E-state index contributed by atoms with van der Waals surface area (Å²) in [6.45, 7) is 0.150. The molecule has 0 atom stereocenters. The highest BCUT2D eigenvalue weighted by Gasteiger charge is 2.07. The van der Waals surface area contributed by atoms with E-state index in [9.17, 15) is 9.59 Å². The second-order valence-corrected chi connectivity index (χ2v) is 5.98. The maximum Gasteiger partial charge on any atom is 0.268 e. The number of rotatable bonds is 2. The first-order valence-electron chi connectivity index (χ1n) is 5.32. The molecule has 3 heterocycles. The van der Waals surface area contributed by atoms with Crippen molar-refractivity contribution in [2.75, 3.05) is 0 Å². The first kappa shape index (κ1) is 12.5. The van der Waals surface area contributed by atoms with E-state index in [1.165, 1.54) is 22.1 Å². The Labute approximate surface area is 124 Å². The van der Waals surface area contributed by atoms with E-state index in [4.69, 9.17) is 0 Å². The van der Waals surface area contributed by atoms with Gasteiger partial charge in [-0.15, -0.1) is 11.3 Å². The van der Waals surface area contributed by atoms with Crippen molar-refractivity contribution in [2.24, 2.45) is 0 Å². The van der Waals surface area contributed by atoms with Gasteiger partial charge in [0, 0.05) is 9.64 Å². The van der Waals surface area contributed by atoms with E-state index in [1.807, 2.05) is 28.0 Å². The highest BCUT2D eigenvalue weighted by Crippen LogP contribution is 2.13. The van der Waals surface area contributed by atoms with Crippen LogP contribution in [0, 0.1) is 3.57 Å². The van der Waals surface area contributed by atoms with Gasteiger partial charge < -0.3 is 4.98 Å². The minimum Gasteiger partial charge on any atom is -0.308 e. The van der Waals surface area contributed by atoms with Crippen molar-refractivity contribution in [3.05, 3.63) is 53.8 Å². The Balaban J connectivity index is 2.05. The van der Waals surface area contributed by atoms with Crippen LogP contribution in [-0.4, -0.2) is 19.7 Å². The molecule has 0 saturated heterocycles. The molecule has 0 aliphatic heterocycles. The predicted molar refractivity (Wildman–Crippen MR) is 80.6 cm³/mol. The third-order valence-corrected chi connectivity index (χ3v) is 3.99. The minimum atomic E-state index is -0.222. The van der Waals surface area contributed by atoms with Crippen molar-refractivity contribution in [3.63, 3.8) is 0 Å². The second kappa shape index (κ2) is 4.85. The van der Waals surface area contributed by atoms with Crippen LogP contribution in [0.2, 0.25) is 0 Å². The summed E-state index contributed by atoms with van der Waals surface area (Å²) in [5.41, 5.74) is 0.232. The van der Waals surface area contributed by atoms with Crippen LogP contribution >= 0.6 is 33.9 Å². The summed E-state index contributed by atoms with van der Waals surface area (Å²) in [7, 11) is 0. The molecule has 0 amide bonds. The van der Waals surface area contributed by atoms with E-state index in [0.29, 0.717) is 16.0 Å². The highest BCUT2D eigenvalue weighted by molar-refractivity contribution is 14.1. The SMILES string of the molecule is O=c1[nH]c(Cn2ncc(I)cc2=O)nc2ccsc12. The third kappa shape index (κ3) is 2.45. The Morgan fingerprint density at radius 3 is 3.05 bits per heavy atom. The topological polar surface area (TPSA) is 80.6 Å². The molecule has 3 rings (SSSR count). The molecule has 8 heteroatoms. The molecule has 0 saturated carbocycles. The number of H-pyrrole nitrogens is 1. The molecule has 19 heavy (non-hydrogen) atoms. The van der Waals surface area contributed by atoms with E-state index >= 15 is 0 Å². The fourth-order valence-corrected chi connectivity index (χ4v) is 2.79. The van der Waals surface area contributed by atoms with Crippen LogP contribution < -0.4 is 11.1 Å². The monoisotopic (exact) mass is 386 g/mol. The van der Waals surface area contributed by atoms with Crippen molar-refractivity contribution >= 4 is 44.1 Å². The van der Waals surface area contributed by atoms with Gasteiger partial charge in [0.25, 0.3) is 11.1 Å². The number of aromatic nitrogens is 4. The molecule has 3 aromatic rings. The first-order valence-corrected chi connectivity index (χ1v) is 7.28. The molecule has 0 bridgehead atoms. The summed E-state index contributed by atoms with van der Waals surface area (Å²) in [6, 6.07) is 3.26. The average molecular weight is 386 g/mol. The zero-order valence-corrected chi connectivity index (χ0v) is 12.4. The summed E-state index contributed by atoms with van der Waals surface area (Å²) in [6.07, 6.45) is 1.59. The smallest absolute Gasteiger partial charge is 0.268 e. The van der Waals surface area contributed by atoms with Crippen LogP contribution in [0.15, 0.2) is 33.3 Å². The van der Waals surface area contributed by atoms with Gasteiger partial charge in [0.05, 0.1) is 11.7 Å². The van der Waals surface area contributed by atoms with Crippen LogP contribution in [0.25, 0.3) is 10.2 Å². The van der Waals surface area contributed by atoms with E-state index in [2.05, 4.69) is 15.1 Å². The quantitative estimate of drug-likeness (QED) is 0.672. The Kier molecular flexibility index (Phi) is 3.19. The summed E-state index contributed by atoms with van der Waals surface area (Å²) < 4.78 is 2.62. The summed E-state index contributed by atoms with van der Waals surface area (Å²) >= 11 is 3.36. The lowest BCUT2D eigenvalue weighted by Crippen LogP contribution is -2.25. The van der Waals surface area contributed by atoms with E-state index in [-0.39, 0.29) is 17.7 Å². The number of aromatic amines is 1. The molecule has 0 spiro atoms. The van der Waals surface area contributed by atoms with Gasteiger partial charge in [-0.1, -0.05) is 0 Å².